The summed E-state index contributed by atoms with van der Waals surface area (Å²) < 4.78 is 11.1. The van der Waals surface area contributed by atoms with Crippen LogP contribution in [0.5, 0.6) is 5.75 Å². The Bertz CT molecular complexity index is 412. The first-order valence-electron chi connectivity index (χ1n) is 6.47. The van der Waals surface area contributed by atoms with Gasteiger partial charge in [-0.2, -0.15) is 0 Å². The summed E-state index contributed by atoms with van der Waals surface area (Å²) in [6.07, 6.45) is 2.05. The molecule has 104 valence electrons. The van der Waals surface area contributed by atoms with Gasteiger partial charge in [-0.3, -0.25) is 4.79 Å². The Hall–Kier alpha value is -1.59. The molecule has 2 rings (SSSR count). The number of carboxylic acid groups (broad SMARTS) is 1. The van der Waals surface area contributed by atoms with E-state index in [4.69, 9.17) is 20.3 Å². The number of rotatable bonds is 5. The van der Waals surface area contributed by atoms with Crippen LogP contribution in [0, 0.1) is 0 Å². The number of benzene rings is 1. The summed E-state index contributed by atoms with van der Waals surface area (Å²) in [7, 11) is 0. The zero-order valence-electron chi connectivity index (χ0n) is 10.7. The second kappa shape index (κ2) is 6.54. The molecule has 1 aromatic carbocycles. The largest absolute Gasteiger partial charge is 0.488 e. The van der Waals surface area contributed by atoms with Crippen molar-refractivity contribution in [1.82, 2.24) is 0 Å². The third kappa shape index (κ3) is 4.22. The van der Waals surface area contributed by atoms with E-state index in [0.29, 0.717) is 6.61 Å². The van der Waals surface area contributed by atoms with Gasteiger partial charge in [0, 0.05) is 12.6 Å². The van der Waals surface area contributed by atoms with Crippen molar-refractivity contribution in [3.8, 4) is 5.75 Å². The maximum Gasteiger partial charge on any atom is 0.305 e. The number of carbonyl (C=O) groups is 1. The third-order valence-corrected chi connectivity index (χ3v) is 3.12. The van der Waals surface area contributed by atoms with Crippen LogP contribution in [0.25, 0.3) is 0 Å². The van der Waals surface area contributed by atoms with Gasteiger partial charge in [0.25, 0.3) is 0 Å². The number of carboxylic acids is 1. The lowest BCUT2D eigenvalue weighted by atomic mass is 10.0. The predicted molar refractivity (Wildman–Crippen MR) is 70.1 cm³/mol. The standard InChI is InChI=1S/C14H19NO4/c15-13(8-14(16)17)10-3-5-11(6-4-10)19-12-2-1-7-18-9-12/h3-6,12-13H,1-2,7-9,15H2,(H,16,17). The molecule has 1 aliphatic rings. The molecular weight excluding hydrogens is 246 g/mol. The van der Waals surface area contributed by atoms with Gasteiger partial charge in [-0.05, 0) is 30.5 Å². The number of nitrogens with two attached hydrogens (primary N) is 1. The average molecular weight is 265 g/mol. The molecule has 1 heterocycles. The molecule has 19 heavy (non-hydrogen) atoms. The minimum absolute atomic E-state index is 0.0727. The van der Waals surface area contributed by atoms with Crippen LogP contribution in [0.15, 0.2) is 24.3 Å². The molecule has 1 fully saturated rings. The molecule has 0 spiro atoms. The van der Waals surface area contributed by atoms with Crippen LogP contribution < -0.4 is 10.5 Å². The van der Waals surface area contributed by atoms with E-state index in [1.54, 1.807) is 0 Å². The van der Waals surface area contributed by atoms with E-state index >= 15 is 0 Å². The zero-order valence-corrected chi connectivity index (χ0v) is 10.7. The SMILES string of the molecule is NC(CC(=O)O)c1ccc(OC2CCCOC2)cc1. The maximum absolute atomic E-state index is 10.6. The molecule has 3 N–H and O–H groups in total. The highest BCUT2D eigenvalue weighted by atomic mass is 16.5. The number of hydrogen-bond donors (Lipinski definition) is 2. The summed E-state index contributed by atoms with van der Waals surface area (Å²) in [5.74, 6) is -0.131. The lowest BCUT2D eigenvalue weighted by Gasteiger charge is -2.23. The minimum atomic E-state index is -0.896. The smallest absolute Gasteiger partial charge is 0.305 e. The third-order valence-electron chi connectivity index (χ3n) is 3.12. The van der Waals surface area contributed by atoms with E-state index in [9.17, 15) is 4.79 Å². The Morgan fingerprint density at radius 1 is 1.47 bits per heavy atom. The van der Waals surface area contributed by atoms with Crippen LogP contribution in [-0.2, 0) is 9.53 Å². The van der Waals surface area contributed by atoms with E-state index < -0.39 is 12.0 Å². The van der Waals surface area contributed by atoms with Gasteiger partial charge in [-0.15, -0.1) is 0 Å². The van der Waals surface area contributed by atoms with E-state index in [1.807, 2.05) is 24.3 Å². The molecule has 2 atom stereocenters. The quantitative estimate of drug-likeness (QED) is 0.847. The summed E-state index contributed by atoms with van der Waals surface area (Å²) in [4.78, 5) is 10.6. The van der Waals surface area contributed by atoms with Gasteiger partial charge in [0.2, 0.25) is 0 Å². The van der Waals surface area contributed by atoms with Crippen LogP contribution in [0.1, 0.15) is 30.9 Å². The Labute approximate surface area is 112 Å². The monoisotopic (exact) mass is 265 g/mol. The number of aliphatic carboxylic acids is 1. The Morgan fingerprint density at radius 3 is 2.79 bits per heavy atom. The Balaban J connectivity index is 1.92. The fourth-order valence-corrected chi connectivity index (χ4v) is 2.10. The van der Waals surface area contributed by atoms with Crippen molar-refractivity contribution in [1.29, 1.82) is 0 Å². The number of hydrogen-bond acceptors (Lipinski definition) is 4. The van der Waals surface area contributed by atoms with Gasteiger partial charge >= 0.3 is 5.97 Å². The summed E-state index contributed by atoms with van der Waals surface area (Å²) >= 11 is 0. The second-order valence-electron chi connectivity index (χ2n) is 4.73. The van der Waals surface area contributed by atoms with Crippen molar-refractivity contribution in [2.75, 3.05) is 13.2 Å². The molecule has 0 saturated carbocycles. The fourth-order valence-electron chi connectivity index (χ4n) is 2.10. The fraction of sp³-hybridized carbons (Fsp3) is 0.500. The lowest BCUT2D eigenvalue weighted by molar-refractivity contribution is -0.137. The summed E-state index contributed by atoms with van der Waals surface area (Å²) in [6.45, 7) is 1.43. The van der Waals surface area contributed by atoms with Gasteiger partial charge in [0.1, 0.15) is 11.9 Å². The molecule has 0 bridgehead atoms. The van der Waals surface area contributed by atoms with Gasteiger partial charge < -0.3 is 20.3 Å². The van der Waals surface area contributed by atoms with E-state index in [-0.39, 0.29) is 12.5 Å². The van der Waals surface area contributed by atoms with Crippen LogP contribution in [0.2, 0.25) is 0 Å². The highest BCUT2D eigenvalue weighted by Gasteiger charge is 2.16. The van der Waals surface area contributed by atoms with Crippen LogP contribution in [-0.4, -0.2) is 30.4 Å². The van der Waals surface area contributed by atoms with E-state index in [2.05, 4.69) is 0 Å². The predicted octanol–water partition coefficient (Wildman–Crippen LogP) is 1.72. The molecule has 0 amide bonds. The van der Waals surface area contributed by atoms with Crippen LogP contribution in [0.4, 0.5) is 0 Å². The van der Waals surface area contributed by atoms with Crippen molar-refractivity contribution in [3.05, 3.63) is 29.8 Å². The first-order chi connectivity index (χ1) is 9.15. The first kappa shape index (κ1) is 13.8. The molecule has 1 aromatic rings. The van der Waals surface area contributed by atoms with Crippen molar-refractivity contribution in [2.24, 2.45) is 5.73 Å². The summed E-state index contributed by atoms with van der Waals surface area (Å²) in [5, 5.41) is 8.70. The molecule has 0 aliphatic carbocycles. The zero-order chi connectivity index (χ0) is 13.7. The van der Waals surface area contributed by atoms with E-state index in [1.165, 1.54) is 0 Å². The normalized spacial score (nSPS) is 20.8. The lowest BCUT2D eigenvalue weighted by Crippen LogP contribution is -2.28. The molecule has 2 unspecified atom stereocenters. The summed E-state index contributed by atoms with van der Waals surface area (Å²) in [6, 6.07) is 6.79. The van der Waals surface area contributed by atoms with Gasteiger partial charge in [0.05, 0.1) is 13.0 Å². The topological polar surface area (TPSA) is 81.8 Å². The van der Waals surface area contributed by atoms with Crippen molar-refractivity contribution in [3.63, 3.8) is 0 Å². The average Bonchev–Trinajstić information content (AvgIpc) is 2.40. The van der Waals surface area contributed by atoms with E-state index in [0.717, 1.165) is 30.8 Å². The van der Waals surface area contributed by atoms with Gasteiger partial charge in [0.15, 0.2) is 0 Å². The second-order valence-corrected chi connectivity index (χ2v) is 4.73. The Morgan fingerprint density at radius 2 is 2.21 bits per heavy atom. The van der Waals surface area contributed by atoms with Crippen molar-refractivity contribution < 1.29 is 19.4 Å². The van der Waals surface area contributed by atoms with Crippen LogP contribution >= 0.6 is 0 Å². The number of ether oxygens (including phenoxy) is 2. The minimum Gasteiger partial charge on any atom is -0.488 e. The highest BCUT2D eigenvalue weighted by molar-refractivity contribution is 5.67. The molecule has 5 nitrogen and oxygen atoms in total. The molecular formula is C14H19NO4. The molecule has 0 aromatic heterocycles. The van der Waals surface area contributed by atoms with Gasteiger partial charge in [-0.25, -0.2) is 0 Å². The van der Waals surface area contributed by atoms with Gasteiger partial charge in [-0.1, -0.05) is 12.1 Å². The molecule has 0 radical (unpaired) electrons. The summed E-state index contributed by atoms with van der Waals surface area (Å²) in [5.41, 5.74) is 6.59. The first-order valence-corrected chi connectivity index (χ1v) is 6.47. The Kier molecular flexibility index (Phi) is 4.76. The molecule has 1 saturated heterocycles. The molecule has 1 aliphatic heterocycles. The van der Waals surface area contributed by atoms with Crippen molar-refractivity contribution in [2.45, 2.75) is 31.4 Å². The maximum atomic E-state index is 10.6. The molecule has 5 heteroatoms. The van der Waals surface area contributed by atoms with Crippen LogP contribution in [0.3, 0.4) is 0 Å². The highest BCUT2D eigenvalue weighted by Crippen LogP contribution is 2.21. The van der Waals surface area contributed by atoms with Crippen molar-refractivity contribution >= 4 is 5.97 Å².